The maximum atomic E-state index is 14.2. The molecule has 192 valence electrons. The van der Waals surface area contributed by atoms with Gasteiger partial charge in [0.25, 0.3) is 5.91 Å². The standard InChI is InChI=1S/C31H33ClN2O2S/c1-33(2)24-14-16-25(17-15-24)34(31(35)30-29(32)26-11-7-8-12-28(26)37-30)20-23-19-22(13-18-27(23)36-3)21-9-5-4-6-10-21/h4-13,18-19,24-25H,14-17,20H2,1-3H3/t24-,25-. The second-order valence-corrected chi connectivity index (χ2v) is 11.4. The van der Waals surface area contributed by atoms with Crippen LogP contribution in [0.2, 0.25) is 5.02 Å². The molecule has 0 spiro atoms. The van der Waals surface area contributed by atoms with Crippen molar-refractivity contribution >= 4 is 38.9 Å². The molecule has 0 unspecified atom stereocenters. The molecule has 6 heteroatoms. The van der Waals surface area contributed by atoms with Gasteiger partial charge in [0.2, 0.25) is 0 Å². The number of amides is 1. The van der Waals surface area contributed by atoms with E-state index in [1.165, 1.54) is 11.3 Å². The van der Waals surface area contributed by atoms with Crippen LogP contribution in [0.15, 0.2) is 72.8 Å². The third-order valence-corrected chi connectivity index (χ3v) is 9.22. The molecule has 1 heterocycles. The zero-order valence-electron chi connectivity index (χ0n) is 21.6. The van der Waals surface area contributed by atoms with Crippen molar-refractivity contribution in [2.24, 2.45) is 0 Å². The van der Waals surface area contributed by atoms with Crippen LogP contribution in [0.5, 0.6) is 5.75 Å². The van der Waals surface area contributed by atoms with Crippen LogP contribution < -0.4 is 4.74 Å². The van der Waals surface area contributed by atoms with E-state index < -0.39 is 0 Å². The number of thiophene rings is 1. The van der Waals surface area contributed by atoms with Crippen LogP contribution >= 0.6 is 22.9 Å². The molecular weight excluding hydrogens is 500 g/mol. The van der Waals surface area contributed by atoms with Crippen molar-refractivity contribution in [3.63, 3.8) is 0 Å². The summed E-state index contributed by atoms with van der Waals surface area (Å²) in [5.74, 6) is 0.800. The highest BCUT2D eigenvalue weighted by molar-refractivity contribution is 7.21. The van der Waals surface area contributed by atoms with Crippen LogP contribution in [0, 0.1) is 0 Å². The van der Waals surface area contributed by atoms with Gasteiger partial charge in [0, 0.05) is 34.3 Å². The van der Waals surface area contributed by atoms with Gasteiger partial charge < -0.3 is 14.5 Å². The van der Waals surface area contributed by atoms with E-state index in [0.29, 0.717) is 22.5 Å². The second-order valence-electron chi connectivity index (χ2n) is 9.99. The first kappa shape index (κ1) is 25.8. The van der Waals surface area contributed by atoms with Crippen LogP contribution in [-0.2, 0) is 6.54 Å². The normalized spacial score (nSPS) is 17.8. The highest BCUT2D eigenvalue weighted by Gasteiger charge is 2.32. The van der Waals surface area contributed by atoms with E-state index in [4.69, 9.17) is 16.3 Å². The van der Waals surface area contributed by atoms with E-state index in [9.17, 15) is 4.79 Å². The molecule has 0 aliphatic heterocycles. The molecule has 3 aromatic carbocycles. The van der Waals surface area contributed by atoms with E-state index in [1.807, 2.05) is 48.5 Å². The molecule has 0 N–H and O–H groups in total. The summed E-state index contributed by atoms with van der Waals surface area (Å²) in [5.41, 5.74) is 3.26. The lowest BCUT2D eigenvalue weighted by molar-refractivity contribution is 0.0573. The van der Waals surface area contributed by atoms with Gasteiger partial charge >= 0.3 is 0 Å². The van der Waals surface area contributed by atoms with E-state index in [1.54, 1.807) is 7.11 Å². The number of ether oxygens (including phenoxy) is 1. The minimum Gasteiger partial charge on any atom is -0.496 e. The second kappa shape index (κ2) is 11.3. The first-order chi connectivity index (χ1) is 18.0. The monoisotopic (exact) mass is 532 g/mol. The van der Waals surface area contributed by atoms with Gasteiger partial charge in [0.15, 0.2) is 0 Å². The van der Waals surface area contributed by atoms with Gasteiger partial charge in [-0.15, -0.1) is 11.3 Å². The number of carbonyl (C=O) groups is 1. The van der Waals surface area contributed by atoms with E-state index in [-0.39, 0.29) is 11.9 Å². The SMILES string of the molecule is COc1ccc(-c2ccccc2)cc1CN(C(=O)c1sc2ccccc2c1Cl)[C@H]1CC[C@H](N(C)C)CC1. The van der Waals surface area contributed by atoms with Crippen molar-refractivity contribution in [3.05, 3.63) is 88.3 Å². The Morgan fingerprint density at radius 2 is 1.59 bits per heavy atom. The van der Waals surface area contributed by atoms with Gasteiger partial charge in [-0.2, -0.15) is 0 Å². The molecule has 0 saturated heterocycles. The number of carbonyl (C=O) groups excluding carboxylic acids is 1. The van der Waals surface area contributed by atoms with Crippen molar-refractivity contribution < 1.29 is 9.53 Å². The Hall–Kier alpha value is -2.86. The lowest BCUT2D eigenvalue weighted by atomic mass is 9.89. The summed E-state index contributed by atoms with van der Waals surface area (Å²) < 4.78 is 6.80. The summed E-state index contributed by atoms with van der Waals surface area (Å²) in [4.78, 5) is 19.2. The summed E-state index contributed by atoms with van der Waals surface area (Å²) in [5, 5.41) is 1.50. The van der Waals surface area contributed by atoms with Crippen LogP contribution in [-0.4, -0.2) is 49.0 Å². The predicted molar refractivity (Wildman–Crippen MR) is 155 cm³/mol. The van der Waals surface area contributed by atoms with Crippen molar-refractivity contribution in [1.29, 1.82) is 0 Å². The summed E-state index contributed by atoms with van der Waals surface area (Å²) in [7, 11) is 5.98. The quantitative estimate of drug-likeness (QED) is 0.244. The van der Waals surface area contributed by atoms with Crippen LogP contribution in [0.3, 0.4) is 0 Å². The van der Waals surface area contributed by atoms with Gasteiger partial charge in [-0.05, 0) is 69.1 Å². The highest BCUT2D eigenvalue weighted by atomic mass is 35.5. The zero-order valence-corrected chi connectivity index (χ0v) is 23.2. The Balaban J connectivity index is 1.52. The summed E-state index contributed by atoms with van der Waals surface area (Å²) >= 11 is 8.29. The third-order valence-electron chi connectivity index (χ3n) is 7.56. The fourth-order valence-corrected chi connectivity index (χ4v) is 6.90. The Bertz CT molecular complexity index is 1380. The molecule has 1 saturated carbocycles. The van der Waals surface area contributed by atoms with Gasteiger partial charge in [-0.1, -0.05) is 66.2 Å². The predicted octanol–water partition coefficient (Wildman–Crippen LogP) is 7.75. The van der Waals surface area contributed by atoms with E-state index in [2.05, 4.69) is 48.2 Å². The molecule has 37 heavy (non-hydrogen) atoms. The van der Waals surface area contributed by atoms with Crippen molar-refractivity contribution in [3.8, 4) is 16.9 Å². The Kier molecular flexibility index (Phi) is 7.84. The highest BCUT2D eigenvalue weighted by Crippen LogP contribution is 2.38. The number of methoxy groups -OCH3 is 1. The van der Waals surface area contributed by atoms with Gasteiger partial charge in [0.05, 0.1) is 12.1 Å². The van der Waals surface area contributed by atoms with Crippen molar-refractivity contribution in [2.45, 2.75) is 44.3 Å². The molecule has 5 rings (SSSR count). The number of rotatable bonds is 7. The van der Waals surface area contributed by atoms with E-state index in [0.717, 1.165) is 58.2 Å². The molecule has 1 aromatic heterocycles. The van der Waals surface area contributed by atoms with Crippen molar-refractivity contribution in [2.75, 3.05) is 21.2 Å². The number of hydrogen-bond acceptors (Lipinski definition) is 4. The maximum absolute atomic E-state index is 14.2. The summed E-state index contributed by atoms with van der Waals surface area (Å²) in [6, 6.07) is 25.2. The third kappa shape index (κ3) is 5.40. The largest absolute Gasteiger partial charge is 0.496 e. The average molecular weight is 533 g/mol. The first-order valence-corrected chi connectivity index (χ1v) is 14.0. The fraction of sp³-hybridized carbons (Fsp3) is 0.323. The number of hydrogen-bond donors (Lipinski definition) is 0. The Morgan fingerprint density at radius 1 is 0.919 bits per heavy atom. The Labute approximate surface area is 228 Å². The average Bonchev–Trinajstić information content (AvgIpc) is 3.28. The molecule has 1 aliphatic rings. The molecule has 0 atom stereocenters. The minimum absolute atomic E-state index is 0.00618. The molecule has 1 aliphatic carbocycles. The number of benzene rings is 3. The molecule has 4 aromatic rings. The molecule has 4 nitrogen and oxygen atoms in total. The first-order valence-electron chi connectivity index (χ1n) is 12.8. The molecule has 1 fully saturated rings. The van der Waals surface area contributed by atoms with Crippen LogP contribution in [0.1, 0.15) is 40.9 Å². The number of nitrogens with zero attached hydrogens (tertiary/aromatic N) is 2. The van der Waals surface area contributed by atoms with Gasteiger partial charge in [-0.3, -0.25) is 4.79 Å². The smallest absolute Gasteiger partial charge is 0.266 e. The molecular formula is C31H33ClN2O2S. The maximum Gasteiger partial charge on any atom is 0.266 e. The molecule has 1 amide bonds. The van der Waals surface area contributed by atoms with Crippen molar-refractivity contribution in [1.82, 2.24) is 9.80 Å². The summed E-state index contributed by atoms with van der Waals surface area (Å²) in [6.07, 6.45) is 4.08. The molecule has 0 radical (unpaired) electrons. The zero-order chi connectivity index (χ0) is 25.9. The number of fused-ring (bicyclic) bond motifs is 1. The van der Waals surface area contributed by atoms with Gasteiger partial charge in [-0.25, -0.2) is 0 Å². The van der Waals surface area contributed by atoms with E-state index >= 15 is 0 Å². The minimum atomic E-state index is 0.00618. The lowest BCUT2D eigenvalue weighted by Crippen LogP contribution is -2.44. The Morgan fingerprint density at radius 3 is 2.27 bits per heavy atom. The van der Waals surface area contributed by atoms with Crippen LogP contribution in [0.25, 0.3) is 21.2 Å². The molecule has 0 bridgehead atoms. The topological polar surface area (TPSA) is 32.8 Å². The fourth-order valence-electron chi connectivity index (χ4n) is 5.43. The van der Waals surface area contributed by atoms with Gasteiger partial charge in [0.1, 0.15) is 10.6 Å². The summed E-state index contributed by atoms with van der Waals surface area (Å²) in [6.45, 7) is 0.477. The number of halogens is 1. The lowest BCUT2D eigenvalue weighted by Gasteiger charge is -2.39. The van der Waals surface area contributed by atoms with Crippen LogP contribution in [0.4, 0.5) is 0 Å².